The van der Waals surface area contributed by atoms with Gasteiger partial charge in [-0.3, -0.25) is 9.78 Å². The molecule has 2 heterocycles. The number of piperidine rings is 1. The van der Waals surface area contributed by atoms with Gasteiger partial charge in [0.2, 0.25) is 0 Å². The van der Waals surface area contributed by atoms with Crippen LogP contribution in [0.4, 0.5) is 0 Å². The predicted octanol–water partition coefficient (Wildman–Crippen LogP) is 1.40. The Morgan fingerprint density at radius 1 is 1.39 bits per heavy atom. The summed E-state index contributed by atoms with van der Waals surface area (Å²) in [6.45, 7) is 0.794. The largest absolute Gasteiger partial charge is 0.478 e. The Kier molecular flexibility index (Phi) is 2.54. The molecule has 1 aromatic rings. The maximum absolute atomic E-state index is 12.3. The third kappa shape index (κ3) is 1.75. The molecule has 5 nitrogen and oxygen atoms in total. The number of amides is 1. The van der Waals surface area contributed by atoms with Crippen LogP contribution < -0.4 is 0 Å². The Morgan fingerprint density at radius 2 is 2.22 bits per heavy atom. The van der Waals surface area contributed by atoms with Crippen molar-refractivity contribution in [1.82, 2.24) is 9.88 Å². The van der Waals surface area contributed by atoms with Crippen LogP contribution in [0.25, 0.3) is 0 Å². The lowest BCUT2D eigenvalue weighted by Gasteiger charge is -2.26. The number of nitrogens with zero attached hydrogens (tertiary/aromatic N) is 2. The zero-order chi connectivity index (χ0) is 12.7. The van der Waals surface area contributed by atoms with Crippen molar-refractivity contribution in [2.45, 2.75) is 25.3 Å². The van der Waals surface area contributed by atoms with Crippen LogP contribution >= 0.6 is 0 Å². The van der Waals surface area contributed by atoms with E-state index in [2.05, 4.69) is 4.98 Å². The number of hydrogen-bond donors (Lipinski definition) is 1. The van der Waals surface area contributed by atoms with Crippen LogP contribution in [0.3, 0.4) is 0 Å². The maximum Gasteiger partial charge on any atom is 0.335 e. The minimum atomic E-state index is -1.03. The first-order valence-corrected chi connectivity index (χ1v) is 6.15. The molecular weight excluding hydrogens is 232 g/mol. The van der Waals surface area contributed by atoms with Crippen molar-refractivity contribution in [3.05, 3.63) is 29.6 Å². The molecule has 1 amide bonds. The number of rotatable bonds is 2. The van der Waals surface area contributed by atoms with E-state index in [4.69, 9.17) is 5.11 Å². The number of hydrogen-bond acceptors (Lipinski definition) is 3. The summed E-state index contributed by atoms with van der Waals surface area (Å²) in [6, 6.07) is 3.09. The molecule has 1 saturated carbocycles. The molecule has 2 aliphatic rings. The molecule has 0 radical (unpaired) electrons. The average Bonchev–Trinajstić information content (AvgIpc) is 3.00. The third-order valence-electron chi connectivity index (χ3n) is 3.90. The zero-order valence-corrected chi connectivity index (χ0v) is 9.87. The molecule has 1 saturated heterocycles. The number of pyridine rings is 1. The van der Waals surface area contributed by atoms with E-state index in [-0.39, 0.29) is 17.2 Å². The van der Waals surface area contributed by atoms with Crippen molar-refractivity contribution in [2.24, 2.45) is 5.92 Å². The molecule has 2 bridgehead atoms. The second-order valence-electron chi connectivity index (χ2n) is 5.03. The summed E-state index contributed by atoms with van der Waals surface area (Å²) in [5.41, 5.74) is 0.347. The molecular formula is C13H14N2O3. The van der Waals surface area contributed by atoms with Crippen LogP contribution in [0.1, 0.15) is 40.1 Å². The number of likely N-dealkylation sites (tertiary alicyclic amines) is 1. The molecule has 1 N–H and O–H groups in total. The smallest absolute Gasteiger partial charge is 0.335 e. The van der Waals surface area contributed by atoms with Gasteiger partial charge in [0.25, 0.3) is 5.91 Å². The molecule has 1 aliphatic heterocycles. The number of aromatic nitrogens is 1. The Hall–Kier alpha value is -1.91. The minimum absolute atomic E-state index is 0.109. The molecule has 18 heavy (non-hydrogen) atoms. The normalized spacial score (nSPS) is 25.4. The van der Waals surface area contributed by atoms with Crippen molar-refractivity contribution < 1.29 is 14.7 Å². The highest BCUT2D eigenvalue weighted by Gasteiger charge is 2.40. The molecule has 2 atom stereocenters. The van der Waals surface area contributed by atoms with Crippen molar-refractivity contribution in [3.8, 4) is 0 Å². The third-order valence-corrected chi connectivity index (χ3v) is 3.90. The van der Waals surface area contributed by atoms with Gasteiger partial charge in [0.05, 0.1) is 5.56 Å². The summed E-state index contributed by atoms with van der Waals surface area (Å²) in [5, 5.41) is 8.91. The van der Waals surface area contributed by atoms with E-state index >= 15 is 0 Å². The molecule has 94 valence electrons. The van der Waals surface area contributed by atoms with E-state index in [1.807, 2.05) is 4.90 Å². The molecule has 5 heteroatoms. The molecule has 1 aromatic heterocycles. The number of carbonyl (C=O) groups excluding carboxylic acids is 1. The second kappa shape index (κ2) is 4.08. The van der Waals surface area contributed by atoms with Crippen molar-refractivity contribution in [1.29, 1.82) is 0 Å². The second-order valence-corrected chi connectivity index (χ2v) is 5.03. The van der Waals surface area contributed by atoms with Gasteiger partial charge in [0.15, 0.2) is 0 Å². The van der Waals surface area contributed by atoms with E-state index in [9.17, 15) is 9.59 Å². The van der Waals surface area contributed by atoms with Crippen LogP contribution in [0.2, 0.25) is 0 Å². The van der Waals surface area contributed by atoms with Gasteiger partial charge in [0.1, 0.15) is 5.69 Å². The van der Waals surface area contributed by atoms with Crippen LogP contribution in [0, 0.1) is 5.92 Å². The van der Waals surface area contributed by atoms with E-state index in [0.29, 0.717) is 12.0 Å². The number of aromatic carboxylic acids is 1. The van der Waals surface area contributed by atoms with E-state index in [1.165, 1.54) is 24.8 Å². The van der Waals surface area contributed by atoms with Gasteiger partial charge in [0, 0.05) is 18.8 Å². The summed E-state index contributed by atoms with van der Waals surface area (Å²) in [6.07, 6.45) is 4.74. The summed E-state index contributed by atoms with van der Waals surface area (Å²) in [5.74, 6) is -0.540. The minimum Gasteiger partial charge on any atom is -0.478 e. The topological polar surface area (TPSA) is 70.5 Å². The van der Waals surface area contributed by atoms with E-state index < -0.39 is 5.97 Å². The summed E-state index contributed by atoms with van der Waals surface area (Å²) in [7, 11) is 0. The summed E-state index contributed by atoms with van der Waals surface area (Å²) < 4.78 is 0. The fourth-order valence-electron chi connectivity index (χ4n) is 3.00. The SMILES string of the molecule is O=C(O)c1ccnc(C(=O)N2CC3CCC2C3)c1. The lowest BCUT2D eigenvalue weighted by atomic mass is 10.1. The first-order valence-electron chi connectivity index (χ1n) is 6.15. The summed E-state index contributed by atoms with van der Waals surface area (Å²) >= 11 is 0. The Morgan fingerprint density at radius 3 is 2.83 bits per heavy atom. The fraction of sp³-hybridized carbons (Fsp3) is 0.462. The van der Waals surface area contributed by atoms with Crippen LogP contribution in [-0.2, 0) is 0 Å². The van der Waals surface area contributed by atoms with Gasteiger partial charge >= 0.3 is 5.97 Å². The quantitative estimate of drug-likeness (QED) is 0.856. The van der Waals surface area contributed by atoms with Gasteiger partial charge < -0.3 is 10.0 Å². The van der Waals surface area contributed by atoms with E-state index in [0.717, 1.165) is 19.4 Å². The van der Waals surface area contributed by atoms with Crippen LogP contribution in [-0.4, -0.2) is 39.5 Å². The average molecular weight is 246 g/mol. The van der Waals surface area contributed by atoms with Crippen molar-refractivity contribution in [2.75, 3.05) is 6.54 Å². The van der Waals surface area contributed by atoms with Crippen molar-refractivity contribution in [3.63, 3.8) is 0 Å². The zero-order valence-electron chi connectivity index (χ0n) is 9.87. The van der Waals surface area contributed by atoms with Crippen LogP contribution in [0.5, 0.6) is 0 Å². The molecule has 3 rings (SSSR count). The highest BCUT2D eigenvalue weighted by molar-refractivity contribution is 5.96. The Bertz CT molecular complexity index is 515. The number of carbonyl (C=O) groups is 2. The number of fused-ring (bicyclic) bond motifs is 2. The van der Waals surface area contributed by atoms with Gasteiger partial charge in [-0.25, -0.2) is 4.79 Å². The first kappa shape index (κ1) is 11.2. The monoisotopic (exact) mass is 246 g/mol. The van der Waals surface area contributed by atoms with Gasteiger partial charge in [-0.2, -0.15) is 0 Å². The lowest BCUT2D eigenvalue weighted by molar-refractivity contribution is 0.0695. The molecule has 1 aliphatic carbocycles. The van der Waals surface area contributed by atoms with Gasteiger partial charge in [-0.1, -0.05) is 0 Å². The van der Waals surface area contributed by atoms with Gasteiger partial charge in [-0.15, -0.1) is 0 Å². The first-order chi connectivity index (χ1) is 8.65. The predicted molar refractivity (Wildman–Crippen MR) is 63.4 cm³/mol. The molecule has 0 aromatic carbocycles. The van der Waals surface area contributed by atoms with Gasteiger partial charge in [-0.05, 0) is 37.3 Å². The molecule has 2 unspecified atom stereocenters. The number of carboxylic acids is 1. The van der Waals surface area contributed by atoms with Crippen molar-refractivity contribution >= 4 is 11.9 Å². The number of carboxylic acid groups (broad SMARTS) is 1. The van der Waals surface area contributed by atoms with E-state index in [1.54, 1.807) is 0 Å². The highest BCUT2D eigenvalue weighted by Crippen LogP contribution is 2.37. The van der Waals surface area contributed by atoms with Crippen LogP contribution in [0.15, 0.2) is 18.3 Å². The highest BCUT2D eigenvalue weighted by atomic mass is 16.4. The fourth-order valence-corrected chi connectivity index (χ4v) is 3.00. The maximum atomic E-state index is 12.3. The standard InChI is InChI=1S/C13H14N2O3/c16-12(15-7-8-1-2-10(15)5-8)11-6-9(13(17)18)3-4-14-11/h3-4,6,8,10H,1-2,5,7H2,(H,17,18). The lowest BCUT2D eigenvalue weighted by Crippen LogP contribution is -2.38. The Balaban J connectivity index is 1.84. The Labute approximate surface area is 104 Å². The summed E-state index contributed by atoms with van der Waals surface area (Å²) in [4.78, 5) is 29.0. The molecule has 0 spiro atoms. The molecule has 2 fully saturated rings.